The fourth-order valence-electron chi connectivity index (χ4n) is 6.54. The van der Waals surface area contributed by atoms with Crippen LogP contribution in [0, 0.1) is 0 Å². The summed E-state index contributed by atoms with van der Waals surface area (Å²) in [6, 6.07) is 49.7. The van der Waals surface area contributed by atoms with E-state index in [4.69, 9.17) is 11.1 Å². The molecule has 0 N–H and O–H groups in total. The minimum absolute atomic E-state index is 1.13. The van der Waals surface area contributed by atoms with Crippen LogP contribution in [0.5, 0.6) is 0 Å². The second-order valence-electron chi connectivity index (χ2n) is 11.0. The van der Waals surface area contributed by atoms with E-state index in [1.807, 2.05) is 0 Å². The van der Waals surface area contributed by atoms with Gasteiger partial charge in [0.2, 0.25) is 0 Å². The molecule has 0 saturated carbocycles. The van der Waals surface area contributed by atoms with E-state index >= 15 is 0 Å². The van der Waals surface area contributed by atoms with E-state index < -0.39 is 23.9 Å². The zero-order valence-corrected chi connectivity index (χ0v) is 25.9. The summed E-state index contributed by atoms with van der Waals surface area (Å²) >= 11 is 6.77. The maximum Gasteiger partial charge on any atom is 0.186 e. The third-order valence-corrected chi connectivity index (χ3v) is 22.5. The summed E-state index contributed by atoms with van der Waals surface area (Å²) in [5.74, 6) is 0. The lowest BCUT2D eigenvalue weighted by molar-refractivity contribution is 0.595. The number of rotatable bonds is 9. The highest BCUT2D eigenvalue weighted by Gasteiger charge is 2.60. The fourth-order valence-corrected chi connectivity index (χ4v) is 23.4. The Morgan fingerprint density at radius 3 is 1.19 bits per heavy atom. The van der Waals surface area contributed by atoms with Crippen LogP contribution < -0.4 is 20.7 Å². The van der Waals surface area contributed by atoms with Crippen LogP contribution in [0.3, 0.4) is 0 Å². The molecule has 37 heavy (non-hydrogen) atoms. The lowest BCUT2D eigenvalue weighted by Gasteiger charge is -2.47. The van der Waals surface area contributed by atoms with Crippen molar-refractivity contribution in [3.8, 4) is 0 Å². The maximum absolute atomic E-state index is 6.77. The number of unbranched alkanes of at least 4 members (excludes halogenated alkanes) is 1. The second-order valence-corrected chi connectivity index (χ2v) is 26.3. The molecule has 1 nitrogen and oxygen atoms in total. The quantitative estimate of drug-likeness (QED) is 0.138. The van der Waals surface area contributed by atoms with E-state index in [1.165, 1.54) is 31.0 Å². The normalized spacial score (nSPS) is 17.1. The highest BCUT2D eigenvalue weighted by molar-refractivity contribution is 7.19. The van der Waals surface area contributed by atoms with Crippen molar-refractivity contribution in [3.63, 3.8) is 0 Å². The third kappa shape index (κ3) is 5.23. The molecule has 4 aromatic rings. The van der Waals surface area contributed by atoms with Gasteiger partial charge in [0, 0.05) is 0 Å². The van der Waals surface area contributed by atoms with Gasteiger partial charge >= 0.3 is 0 Å². The molecular weight excluding hydrogens is 518 g/mol. The summed E-state index contributed by atoms with van der Waals surface area (Å²) < 4.78 is 3.14. The van der Waals surface area contributed by atoms with Gasteiger partial charge in [0.25, 0.3) is 0 Å². The Morgan fingerprint density at radius 2 is 0.892 bits per heavy atom. The topological polar surface area (TPSA) is 3.24 Å². The van der Waals surface area contributed by atoms with Crippen LogP contribution in [0.25, 0.3) is 0 Å². The minimum atomic E-state index is -2.24. The first-order valence-electron chi connectivity index (χ1n) is 13.7. The summed E-state index contributed by atoms with van der Waals surface area (Å²) in [6.07, 6.45) is 2.41. The Bertz CT molecular complexity index is 1090. The van der Waals surface area contributed by atoms with E-state index in [2.05, 4.69) is 139 Å². The molecule has 1 fully saturated rings. The Labute approximate surface area is 231 Å². The zero-order valence-electron chi connectivity index (χ0n) is 22.1. The van der Waals surface area contributed by atoms with Gasteiger partial charge in [-0.3, -0.25) is 0 Å². The average molecular weight is 556 g/mol. The summed E-state index contributed by atoms with van der Waals surface area (Å²) in [6.45, 7) is 5.70. The average Bonchev–Trinajstić information content (AvgIpc) is 3.29. The molecule has 0 amide bonds. The van der Waals surface area contributed by atoms with Gasteiger partial charge in [0.1, 0.15) is 7.38 Å². The molecule has 1 aliphatic rings. The molecule has 0 aromatic heterocycles. The van der Waals surface area contributed by atoms with Crippen molar-refractivity contribution >= 4 is 55.7 Å². The van der Waals surface area contributed by atoms with Crippen LogP contribution >= 0.6 is 11.1 Å². The summed E-state index contributed by atoms with van der Waals surface area (Å²) in [5, 5.41) is 6.20. The van der Waals surface area contributed by atoms with Gasteiger partial charge in [-0.15, -0.1) is 0 Å². The first kappa shape index (κ1) is 26.4. The molecule has 1 saturated heterocycles. The van der Waals surface area contributed by atoms with Gasteiger partial charge in [0.05, 0.1) is 0 Å². The maximum atomic E-state index is 6.77. The molecule has 0 bridgehead atoms. The second kappa shape index (κ2) is 11.3. The minimum Gasteiger partial charge on any atom is -0.331 e. The molecule has 0 atom stereocenters. The van der Waals surface area contributed by atoms with Crippen molar-refractivity contribution in [2.45, 2.75) is 44.1 Å². The van der Waals surface area contributed by atoms with Gasteiger partial charge in [-0.1, -0.05) is 141 Å². The van der Waals surface area contributed by atoms with Gasteiger partial charge in [-0.25, -0.2) is 0 Å². The summed E-state index contributed by atoms with van der Waals surface area (Å²) in [7, 11) is -6.06. The van der Waals surface area contributed by atoms with E-state index in [1.54, 1.807) is 20.7 Å². The largest absolute Gasteiger partial charge is 0.331 e. The SMILES string of the molecule is C[Si](C)(Cl)CCCCN1[Si](c2ccccc2)(c2ccccc2)CC[Si]1(c1ccccc1)c1ccccc1. The van der Waals surface area contributed by atoms with Crippen molar-refractivity contribution in [2.75, 3.05) is 6.54 Å². The molecule has 1 heterocycles. The lowest BCUT2D eigenvalue weighted by atomic mass is 10.3. The molecule has 0 radical (unpaired) electrons. The fraction of sp³-hybridized carbons (Fsp3) is 0.250. The predicted molar refractivity (Wildman–Crippen MR) is 170 cm³/mol. The monoisotopic (exact) mass is 555 g/mol. The Hall–Kier alpha value is -2.22. The molecule has 190 valence electrons. The van der Waals surface area contributed by atoms with Crippen molar-refractivity contribution < 1.29 is 0 Å². The van der Waals surface area contributed by atoms with Crippen molar-refractivity contribution in [2.24, 2.45) is 0 Å². The van der Waals surface area contributed by atoms with E-state index in [0.29, 0.717) is 0 Å². The van der Waals surface area contributed by atoms with Crippen LogP contribution in [0.2, 0.25) is 31.2 Å². The van der Waals surface area contributed by atoms with Crippen LogP contribution in [-0.4, -0.2) is 34.6 Å². The van der Waals surface area contributed by atoms with Crippen LogP contribution in [0.1, 0.15) is 12.8 Å². The van der Waals surface area contributed by atoms with Crippen molar-refractivity contribution in [3.05, 3.63) is 121 Å². The third-order valence-electron chi connectivity index (χ3n) is 8.18. The lowest BCUT2D eigenvalue weighted by Crippen LogP contribution is -2.78. The molecule has 0 aliphatic carbocycles. The number of hydrogen-bond donors (Lipinski definition) is 0. The van der Waals surface area contributed by atoms with Gasteiger partial charge in [0.15, 0.2) is 16.5 Å². The summed E-state index contributed by atoms with van der Waals surface area (Å²) in [4.78, 5) is 0. The number of halogens is 1. The van der Waals surface area contributed by atoms with Crippen LogP contribution in [-0.2, 0) is 0 Å². The standard InChI is InChI=1S/C32H38ClNSi3/c1-35(2,33)26-16-15-25-34-36(29-17-7-3-8-18-29,30-19-9-4-10-20-30)27-28-37(34,31-21-11-5-12-22-31)32-23-13-6-14-24-32/h3-14,17-24H,15-16,25-28H2,1-2H3. The van der Waals surface area contributed by atoms with Gasteiger partial charge in [-0.2, -0.15) is 11.1 Å². The smallest absolute Gasteiger partial charge is 0.186 e. The Balaban J connectivity index is 1.72. The van der Waals surface area contributed by atoms with Crippen LogP contribution in [0.15, 0.2) is 121 Å². The molecule has 0 spiro atoms. The van der Waals surface area contributed by atoms with E-state index in [0.717, 1.165) is 6.54 Å². The van der Waals surface area contributed by atoms with E-state index in [9.17, 15) is 0 Å². The molecule has 5 rings (SSSR count). The molecular formula is C32H38ClNSi3. The first-order valence-corrected chi connectivity index (χ1v) is 22.2. The number of nitrogens with zero attached hydrogens (tertiary/aromatic N) is 1. The summed E-state index contributed by atoms with van der Waals surface area (Å²) in [5.41, 5.74) is 0. The highest BCUT2D eigenvalue weighted by atomic mass is 35.6. The van der Waals surface area contributed by atoms with E-state index in [-0.39, 0.29) is 0 Å². The molecule has 4 aromatic carbocycles. The number of benzene rings is 4. The molecule has 1 aliphatic heterocycles. The van der Waals surface area contributed by atoms with Gasteiger partial charge in [-0.05, 0) is 51.8 Å². The predicted octanol–water partition coefficient (Wildman–Crippen LogP) is 6.05. The van der Waals surface area contributed by atoms with Crippen molar-refractivity contribution in [1.29, 1.82) is 0 Å². The first-order chi connectivity index (χ1) is 18.0. The van der Waals surface area contributed by atoms with Gasteiger partial charge < -0.3 is 4.23 Å². The Morgan fingerprint density at radius 1 is 0.568 bits per heavy atom. The zero-order chi connectivity index (χ0) is 25.8. The molecule has 5 heteroatoms. The van der Waals surface area contributed by atoms with Crippen molar-refractivity contribution in [1.82, 2.24) is 4.23 Å². The van der Waals surface area contributed by atoms with Crippen LogP contribution in [0.4, 0.5) is 0 Å². The highest BCUT2D eigenvalue weighted by Crippen LogP contribution is 2.37. The number of hydrogen-bond acceptors (Lipinski definition) is 1. The Kier molecular flexibility index (Phi) is 8.03. The molecule has 0 unspecified atom stereocenters.